The van der Waals surface area contributed by atoms with E-state index in [-0.39, 0.29) is 15.1 Å². The number of benzene rings is 3. The van der Waals surface area contributed by atoms with Crippen LogP contribution >= 0.6 is 0 Å². The molecule has 0 bridgehead atoms. The van der Waals surface area contributed by atoms with Crippen LogP contribution in [0.15, 0.2) is 72.8 Å². The standard InChI is InChI=1S/3C17H26NOSi.Bi/c3*1-17(2,3)20(4,5)19-12-8-10-15-13-14-9-6-7-11-16(14)18-15;/h3*6,9,11,13,18H,8,10,12H2,1-5H3;. The summed E-state index contributed by atoms with van der Waals surface area (Å²) >= 11 is -2.81. The van der Waals surface area contributed by atoms with Crippen molar-refractivity contribution in [2.24, 2.45) is 0 Å². The summed E-state index contributed by atoms with van der Waals surface area (Å²) in [7, 11) is -5.24. The number of aromatic nitrogens is 3. The van der Waals surface area contributed by atoms with E-state index in [1.54, 1.807) is 0 Å². The maximum absolute atomic E-state index is 6.52. The van der Waals surface area contributed by atoms with Gasteiger partial charge in [0.25, 0.3) is 0 Å². The van der Waals surface area contributed by atoms with Gasteiger partial charge in [-0.25, -0.2) is 0 Å². The van der Waals surface area contributed by atoms with Gasteiger partial charge in [0.1, 0.15) is 0 Å². The third-order valence-corrected chi connectivity index (χ3v) is 37.2. The van der Waals surface area contributed by atoms with Crippen molar-refractivity contribution in [2.45, 2.75) is 155 Å². The fraction of sp³-hybridized carbons (Fsp3) is 0.529. The first kappa shape index (κ1) is 48.2. The molecule has 0 fully saturated rings. The first-order chi connectivity index (χ1) is 28.3. The summed E-state index contributed by atoms with van der Waals surface area (Å²) in [6.07, 6.45) is 6.06. The minimum atomic E-state index is -2.81. The second kappa shape index (κ2) is 18.7. The van der Waals surface area contributed by atoms with E-state index in [1.807, 2.05) is 0 Å². The molecule has 0 spiro atoms. The van der Waals surface area contributed by atoms with Gasteiger partial charge in [0.15, 0.2) is 0 Å². The Morgan fingerprint density at radius 1 is 0.410 bits per heavy atom. The molecule has 0 unspecified atom stereocenters. The van der Waals surface area contributed by atoms with Crippen molar-refractivity contribution in [3.05, 3.63) is 89.9 Å². The van der Waals surface area contributed by atoms with Gasteiger partial charge in [-0.1, -0.05) is 0 Å². The molecule has 0 radical (unpaired) electrons. The molecule has 0 atom stereocenters. The summed E-state index contributed by atoms with van der Waals surface area (Å²) in [5, 5.41) is 4.56. The molecule has 0 saturated carbocycles. The van der Waals surface area contributed by atoms with Gasteiger partial charge in [-0.15, -0.1) is 0 Å². The first-order valence-electron chi connectivity index (χ1n) is 22.9. The number of aromatic amines is 3. The van der Waals surface area contributed by atoms with Crippen LogP contribution in [0.2, 0.25) is 54.4 Å². The SMILES string of the molecule is CC(C)(C)[Si](C)(C)OCCCc1cc2cc[c]([Bi]([c]3ccc4cc(CCCO[Si](C)(C)C(C)(C)C)[nH]c4c3)[c]3ccc4cc(CCCO[Si](C)(C)C(C)(C)C)[nH]c4c3)cc2[nH]1. The van der Waals surface area contributed by atoms with Crippen LogP contribution in [0.1, 0.15) is 98.7 Å². The number of rotatable bonds is 18. The monoisotopic (exact) mass is 1070 g/mol. The zero-order chi connectivity index (χ0) is 44.6. The fourth-order valence-electron chi connectivity index (χ4n) is 7.21. The van der Waals surface area contributed by atoms with Crippen molar-refractivity contribution < 1.29 is 13.3 Å². The maximum atomic E-state index is 6.52. The first-order valence-corrected chi connectivity index (χ1v) is 36.8. The van der Waals surface area contributed by atoms with Gasteiger partial charge >= 0.3 is 382 Å². The van der Waals surface area contributed by atoms with Crippen LogP contribution in [0.25, 0.3) is 32.7 Å². The molecule has 332 valence electrons. The van der Waals surface area contributed by atoms with Crippen LogP contribution in [0.5, 0.6) is 0 Å². The third kappa shape index (κ3) is 11.7. The van der Waals surface area contributed by atoms with E-state index in [0.717, 1.165) is 58.3 Å². The number of H-pyrrole nitrogens is 3. The molecule has 3 heterocycles. The van der Waals surface area contributed by atoms with Crippen LogP contribution in [-0.4, -0.2) is 81.5 Å². The fourth-order valence-corrected chi connectivity index (χ4v) is 19.6. The van der Waals surface area contributed by atoms with Gasteiger partial charge in [-0.2, -0.15) is 0 Å². The Hall–Kier alpha value is -2.31. The molecule has 6 rings (SSSR count). The molecule has 61 heavy (non-hydrogen) atoms. The van der Waals surface area contributed by atoms with Crippen molar-refractivity contribution in [2.75, 3.05) is 19.8 Å². The van der Waals surface area contributed by atoms with Crippen molar-refractivity contribution in [1.29, 1.82) is 0 Å². The Labute approximate surface area is 379 Å². The Kier molecular flexibility index (Phi) is 14.7. The summed E-state index contributed by atoms with van der Waals surface area (Å²) in [5.74, 6) is 0. The van der Waals surface area contributed by atoms with E-state index in [4.69, 9.17) is 13.3 Å². The van der Waals surface area contributed by atoms with E-state index in [2.05, 4.69) is 189 Å². The summed E-state index contributed by atoms with van der Waals surface area (Å²) in [6.45, 7) is 37.4. The molecule has 0 aliphatic heterocycles. The Morgan fingerprint density at radius 3 is 0.918 bits per heavy atom. The number of nitrogens with one attached hydrogen (secondary N) is 3. The summed E-state index contributed by atoms with van der Waals surface area (Å²) in [6, 6.07) is 28.8. The van der Waals surface area contributed by atoms with Gasteiger partial charge in [0.2, 0.25) is 0 Å². The molecule has 6 nitrogen and oxygen atoms in total. The van der Waals surface area contributed by atoms with Crippen molar-refractivity contribution in [3.63, 3.8) is 0 Å². The van der Waals surface area contributed by atoms with Gasteiger partial charge < -0.3 is 0 Å². The van der Waals surface area contributed by atoms with Crippen molar-refractivity contribution in [1.82, 2.24) is 15.0 Å². The van der Waals surface area contributed by atoms with Crippen molar-refractivity contribution in [3.8, 4) is 0 Å². The zero-order valence-corrected chi connectivity index (χ0v) is 46.9. The second-order valence-corrected chi connectivity index (χ2v) is 45.2. The number of fused-ring (bicyclic) bond motifs is 3. The average Bonchev–Trinajstić information content (AvgIpc) is 3.88. The summed E-state index contributed by atoms with van der Waals surface area (Å²) in [5.41, 5.74) is 7.60. The van der Waals surface area contributed by atoms with Crippen LogP contribution in [-0.2, 0) is 32.5 Å². The summed E-state index contributed by atoms with van der Waals surface area (Å²) in [4.78, 5) is 11.5. The predicted octanol–water partition coefficient (Wildman–Crippen LogP) is 12.5. The molecule has 3 aromatic carbocycles. The molecule has 3 aromatic heterocycles. The normalized spacial score (nSPS) is 13.8. The van der Waals surface area contributed by atoms with E-state index in [0.29, 0.717) is 0 Å². The quantitative estimate of drug-likeness (QED) is 0.0593. The Balaban J connectivity index is 1.25. The van der Waals surface area contributed by atoms with Crippen molar-refractivity contribution >= 4 is 89.2 Å². The molecule has 0 aliphatic carbocycles. The summed E-state index contributed by atoms with van der Waals surface area (Å²) < 4.78 is 24.0. The third-order valence-electron chi connectivity index (χ3n) is 14.3. The van der Waals surface area contributed by atoms with Gasteiger partial charge in [0.05, 0.1) is 0 Å². The van der Waals surface area contributed by atoms with Crippen LogP contribution in [0.3, 0.4) is 0 Å². The van der Waals surface area contributed by atoms with Gasteiger partial charge in [-0.3, -0.25) is 0 Å². The van der Waals surface area contributed by atoms with E-state index in [1.165, 1.54) is 59.6 Å². The predicted molar refractivity (Wildman–Crippen MR) is 274 cm³/mol. The minimum absolute atomic E-state index is 0.230. The molecule has 0 saturated heterocycles. The average molecular weight is 1070 g/mol. The molecule has 10 heteroatoms. The van der Waals surface area contributed by atoms with E-state index < -0.39 is 46.7 Å². The molecular weight excluding hydrogens is 996 g/mol. The molecule has 3 N–H and O–H groups in total. The van der Waals surface area contributed by atoms with Crippen LogP contribution in [0.4, 0.5) is 0 Å². The van der Waals surface area contributed by atoms with E-state index in [9.17, 15) is 0 Å². The van der Waals surface area contributed by atoms with E-state index >= 15 is 0 Å². The molecule has 0 amide bonds. The molecule has 0 aliphatic rings. The van der Waals surface area contributed by atoms with Crippen LogP contribution in [0, 0.1) is 0 Å². The van der Waals surface area contributed by atoms with Gasteiger partial charge in [-0.05, 0) is 0 Å². The Morgan fingerprint density at radius 2 is 0.672 bits per heavy atom. The Bertz CT molecular complexity index is 2140. The second-order valence-electron chi connectivity index (χ2n) is 22.2. The van der Waals surface area contributed by atoms with Gasteiger partial charge in [0, 0.05) is 0 Å². The zero-order valence-electron chi connectivity index (χ0n) is 40.5. The number of aryl methyl sites for hydroxylation is 3. The molecular formula is C51H78BiN3O3Si3. The number of hydrogen-bond donors (Lipinski definition) is 3. The van der Waals surface area contributed by atoms with Crippen LogP contribution < -0.4 is 9.81 Å². The number of hydrogen-bond acceptors (Lipinski definition) is 3. The molecule has 6 aromatic rings. The topological polar surface area (TPSA) is 75.1 Å².